The van der Waals surface area contributed by atoms with Gasteiger partial charge in [-0.3, -0.25) is 0 Å². The molecule has 8 aromatic carbocycles. The molecule has 0 radical (unpaired) electrons. The summed E-state index contributed by atoms with van der Waals surface area (Å²) in [4.78, 5) is 2.37. The highest BCUT2D eigenvalue weighted by molar-refractivity contribution is 6.01. The molecule has 2 aliphatic rings. The first-order chi connectivity index (χ1) is 29.5. The van der Waals surface area contributed by atoms with Crippen molar-refractivity contribution in [2.75, 3.05) is 4.90 Å². The molecule has 10 rings (SSSR count). The SMILES string of the molecule is C/C=C\C1=C(/C=C\C)C2(c3cc(C)ccc31)c1ccccc1-c1cccc(-c3ccc(N(c4ccc(-c5ccccc5)cc4)c4ccc(-c5ccc(C)cc5)cc4)cc3)c12. The highest BCUT2D eigenvalue weighted by Gasteiger charge is 2.53. The second-order valence-electron chi connectivity index (χ2n) is 16.1. The molecule has 1 unspecified atom stereocenters. The molecule has 1 spiro atoms. The molecule has 2 aliphatic carbocycles. The van der Waals surface area contributed by atoms with Crippen molar-refractivity contribution in [2.24, 2.45) is 0 Å². The van der Waals surface area contributed by atoms with E-state index in [9.17, 15) is 0 Å². The summed E-state index contributed by atoms with van der Waals surface area (Å²) in [5, 5.41) is 0. The Balaban J connectivity index is 1.12. The quantitative estimate of drug-likeness (QED) is 0.149. The van der Waals surface area contributed by atoms with E-state index < -0.39 is 5.41 Å². The minimum Gasteiger partial charge on any atom is -0.311 e. The molecular formula is C59H47N. The maximum absolute atomic E-state index is 2.44. The van der Waals surface area contributed by atoms with Gasteiger partial charge >= 0.3 is 0 Å². The van der Waals surface area contributed by atoms with Gasteiger partial charge in [-0.1, -0.05) is 187 Å². The second-order valence-corrected chi connectivity index (χ2v) is 16.1. The predicted octanol–water partition coefficient (Wildman–Crippen LogP) is 16.0. The monoisotopic (exact) mass is 769 g/mol. The fourth-order valence-corrected chi connectivity index (χ4v) is 9.80. The lowest BCUT2D eigenvalue weighted by molar-refractivity contribution is 0.786. The second kappa shape index (κ2) is 15.2. The molecule has 0 saturated heterocycles. The molecule has 0 saturated carbocycles. The zero-order valence-electron chi connectivity index (χ0n) is 34.7. The van der Waals surface area contributed by atoms with Crippen LogP contribution in [0.25, 0.3) is 50.1 Å². The maximum atomic E-state index is 2.44. The molecule has 0 N–H and O–H groups in total. The first kappa shape index (κ1) is 37.1. The normalized spacial score (nSPS) is 15.2. The number of hydrogen-bond donors (Lipinski definition) is 0. The molecule has 288 valence electrons. The van der Waals surface area contributed by atoms with Crippen LogP contribution in [0.15, 0.2) is 218 Å². The van der Waals surface area contributed by atoms with Crippen LogP contribution in [0, 0.1) is 13.8 Å². The lowest BCUT2D eigenvalue weighted by Gasteiger charge is -2.33. The van der Waals surface area contributed by atoms with E-state index >= 15 is 0 Å². The molecular weight excluding hydrogens is 723 g/mol. The third-order valence-corrected chi connectivity index (χ3v) is 12.5. The standard InChI is InChI=1S/C59H47N/c1-5-13-51-53-38-23-41(4)39-57(53)59(55(51)14-6-2)56-20-11-10-17-52(56)54-19-12-18-50(58(54)59)46-30-36-49(37-31-46)60(47-32-26-44(27-33-47)42-15-8-7-9-16-42)48-34-28-45(29-35-48)43-24-21-40(3)22-25-43/h5-39H,1-4H3/b13-5-,14-6-. The number of allylic oxidation sites excluding steroid dienone is 6. The number of benzene rings is 8. The van der Waals surface area contributed by atoms with E-state index in [4.69, 9.17) is 0 Å². The van der Waals surface area contributed by atoms with E-state index in [0.717, 1.165) is 17.1 Å². The molecule has 1 atom stereocenters. The highest BCUT2D eigenvalue weighted by Crippen LogP contribution is 2.64. The van der Waals surface area contributed by atoms with Crippen LogP contribution in [0.2, 0.25) is 0 Å². The van der Waals surface area contributed by atoms with Gasteiger partial charge in [0.05, 0.1) is 5.41 Å². The Labute approximate surface area is 355 Å². The third-order valence-electron chi connectivity index (χ3n) is 12.5. The summed E-state index contributed by atoms with van der Waals surface area (Å²) in [5.74, 6) is 0. The van der Waals surface area contributed by atoms with Crippen molar-refractivity contribution in [1.29, 1.82) is 0 Å². The van der Waals surface area contributed by atoms with Gasteiger partial charge in [0, 0.05) is 17.1 Å². The first-order valence-electron chi connectivity index (χ1n) is 21.1. The van der Waals surface area contributed by atoms with E-state index in [1.165, 1.54) is 89.0 Å². The molecule has 0 amide bonds. The Hall–Kier alpha value is -7.22. The minimum atomic E-state index is -0.463. The zero-order valence-corrected chi connectivity index (χ0v) is 34.7. The zero-order chi connectivity index (χ0) is 40.8. The fourth-order valence-electron chi connectivity index (χ4n) is 9.80. The first-order valence-corrected chi connectivity index (χ1v) is 21.1. The van der Waals surface area contributed by atoms with E-state index in [1.807, 2.05) is 0 Å². The number of rotatable bonds is 8. The Bertz CT molecular complexity index is 2960. The number of anilines is 3. The Morgan fingerprint density at radius 3 is 1.50 bits per heavy atom. The summed E-state index contributed by atoms with van der Waals surface area (Å²) in [6, 6.07) is 69.6. The van der Waals surface area contributed by atoms with Crippen molar-refractivity contribution in [3.05, 3.63) is 251 Å². The van der Waals surface area contributed by atoms with Crippen LogP contribution in [-0.4, -0.2) is 0 Å². The van der Waals surface area contributed by atoms with E-state index in [2.05, 4.69) is 245 Å². The van der Waals surface area contributed by atoms with Crippen molar-refractivity contribution >= 4 is 22.6 Å². The molecule has 60 heavy (non-hydrogen) atoms. The van der Waals surface area contributed by atoms with Crippen molar-refractivity contribution in [3.8, 4) is 44.5 Å². The van der Waals surface area contributed by atoms with Crippen molar-refractivity contribution in [3.63, 3.8) is 0 Å². The molecule has 0 aliphatic heterocycles. The summed E-state index contributed by atoms with van der Waals surface area (Å²) >= 11 is 0. The van der Waals surface area contributed by atoms with Gasteiger partial charge in [0.2, 0.25) is 0 Å². The van der Waals surface area contributed by atoms with Gasteiger partial charge < -0.3 is 4.90 Å². The number of aryl methyl sites for hydroxylation is 2. The van der Waals surface area contributed by atoms with E-state index in [0.29, 0.717) is 0 Å². The Morgan fingerprint density at radius 1 is 0.383 bits per heavy atom. The largest absolute Gasteiger partial charge is 0.311 e. The van der Waals surface area contributed by atoms with Crippen LogP contribution in [0.3, 0.4) is 0 Å². The summed E-state index contributed by atoms with van der Waals surface area (Å²) in [6.07, 6.45) is 9.07. The van der Waals surface area contributed by atoms with Gasteiger partial charge in [-0.2, -0.15) is 0 Å². The topological polar surface area (TPSA) is 3.24 Å². The fraction of sp³-hybridized carbons (Fsp3) is 0.0847. The lowest BCUT2D eigenvalue weighted by atomic mass is 9.67. The van der Waals surface area contributed by atoms with Crippen LogP contribution in [0.5, 0.6) is 0 Å². The lowest BCUT2D eigenvalue weighted by Crippen LogP contribution is -2.27. The summed E-state index contributed by atoms with van der Waals surface area (Å²) < 4.78 is 0. The number of fused-ring (bicyclic) bond motifs is 7. The maximum Gasteiger partial charge on any atom is 0.0731 e. The molecule has 8 aromatic rings. The minimum absolute atomic E-state index is 0.463. The average molecular weight is 770 g/mol. The van der Waals surface area contributed by atoms with Gasteiger partial charge in [0.25, 0.3) is 0 Å². The third kappa shape index (κ3) is 6.00. The van der Waals surface area contributed by atoms with E-state index in [-0.39, 0.29) is 0 Å². The Kier molecular flexibility index (Phi) is 9.38. The molecule has 1 heteroatoms. The molecule has 0 bridgehead atoms. The van der Waals surface area contributed by atoms with Crippen molar-refractivity contribution in [2.45, 2.75) is 33.1 Å². The molecule has 0 heterocycles. The van der Waals surface area contributed by atoms with Crippen LogP contribution in [0.1, 0.15) is 47.2 Å². The van der Waals surface area contributed by atoms with Crippen molar-refractivity contribution in [1.82, 2.24) is 0 Å². The van der Waals surface area contributed by atoms with Crippen LogP contribution >= 0.6 is 0 Å². The molecule has 1 nitrogen and oxygen atoms in total. The summed E-state index contributed by atoms with van der Waals surface area (Å²) in [6.45, 7) is 8.63. The van der Waals surface area contributed by atoms with Gasteiger partial charge in [-0.05, 0) is 142 Å². The molecule has 0 aromatic heterocycles. The number of hydrogen-bond acceptors (Lipinski definition) is 1. The van der Waals surface area contributed by atoms with Crippen LogP contribution in [0.4, 0.5) is 17.1 Å². The van der Waals surface area contributed by atoms with Gasteiger partial charge in [0.1, 0.15) is 0 Å². The summed E-state index contributed by atoms with van der Waals surface area (Å²) in [5.41, 5.74) is 23.3. The average Bonchev–Trinajstić information content (AvgIpc) is 3.74. The Morgan fingerprint density at radius 2 is 0.883 bits per heavy atom. The summed E-state index contributed by atoms with van der Waals surface area (Å²) in [7, 11) is 0. The van der Waals surface area contributed by atoms with Gasteiger partial charge in [0.15, 0.2) is 0 Å². The predicted molar refractivity (Wildman–Crippen MR) is 255 cm³/mol. The van der Waals surface area contributed by atoms with Gasteiger partial charge in [-0.25, -0.2) is 0 Å². The van der Waals surface area contributed by atoms with Crippen molar-refractivity contribution < 1.29 is 0 Å². The van der Waals surface area contributed by atoms with Crippen LogP contribution in [-0.2, 0) is 5.41 Å². The number of nitrogens with zero attached hydrogens (tertiary/aromatic N) is 1. The van der Waals surface area contributed by atoms with E-state index in [1.54, 1.807) is 0 Å². The van der Waals surface area contributed by atoms with Crippen LogP contribution < -0.4 is 4.90 Å². The van der Waals surface area contributed by atoms with Gasteiger partial charge in [-0.15, -0.1) is 0 Å². The molecule has 0 fully saturated rings. The highest BCUT2D eigenvalue weighted by atomic mass is 15.1. The smallest absolute Gasteiger partial charge is 0.0731 e.